The molecule has 4 aromatic rings. The summed E-state index contributed by atoms with van der Waals surface area (Å²) < 4.78 is 40.7. The van der Waals surface area contributed by atoms with E-state index in [1.165, 1.54) is 16.4 Å². The normalized spacial score (nSPS) is 11.8. The monoisotopic (exact) mass is 415 g/mol. The van der Waals surface area contributed by atoms with Crippen LogP contribution in [-0.4, -0.2) is 29.0 Å². The highest BCUT2D eigenvalue weighted by atomic mass is 35.5. The molecule has 0 saturated carbocycles. The fraction of sp³-hybridized carbons (Fsp3) is 0.100. The van der Waals surface area contributed by atoms with E-state index in [9.17, 15) is 12.8 Å². The SMILES string of the molecule is O=S(=O)(c1ccccc1)n1cc(-c2nc(Cl)ncc2CCF)c2ccccc21. The van der Waals surface area contributed by atoms with Crippen LogP contribution in [0.15, 0.2) is 71.9 Å². The molecule has 0 aliphatic heterocycles. The Kier molecular flexibility index (Phi) is 4.87. The van der Waals surface area contributed by atoms with E-state index in [4.69, 9.17) is 11.6 Å². The Labute approximate surface area is 166 Å². The van der Waals surface area contributed by atoms with Gasteiger partial charge in [-0.2, -0.15) is 0 Å². The second kappa shape index (κ2) is 7.33. The average Bonchev–Trinajstić information content (AvgIpc) is 3.10. The summed E-state index contributed by atoms with van der Waals surface area (Å²) in [5.74, 6) is 0. The zero-order valence-electron chi connectivity index (χ0n) is 14.6. The van der Waals surface area contributed by atoms with Crippen LogP contribution < -0.4 is 0 Å². The van der Waals surface area contributed by atoms with Gasteiger partial charge in [-0.1, -0.05) is 36.4 Å². The van der Waals surface area contributed by atoms with Gasteiger partial charge >= 0.3 is 0 Å². The second-order valence-corrected chi connectivity index (χ2v) is 8.28. The lowest BCUT2D eigenvalue weighted by molar-refractivity contribution is 0.495. The molecule has 0 bridgehead atoms. The molecule has 4 rings (SSSR count). The Hall–Kier alpha value is -2.77. The molecule has 8 heteroatoms. The first kappa shape index (κ1) is 18.6. The topological polar surface area (TPSA) is 64.8 Å². The minimum atomic E-state index is -3.82. The number of halogens is 2. The van der Waals surface area contributed by atoms with E-state index in [0.29, 0.717) is 27.7 Å². The van der Waals surface area contributed by atoms with Gasteiger partial charge in [0.15, 0.2) is 0 Å². The number of rotatable bonds is 5. The highest BCUT2D eigenvalue weighted by Gasteiger charge is 2.23. The van der Waals surface area contributed by atoms with Gasteiger partial charge in [-0.15, -0.1) is 0 Å². The van der Waals surface area contributed by atoms with Crippen molar-refractivity contribution in [1.82, 2.24) is 13.9 Å². The molecule has 2 aromatic carbocycles. The fourth-order valence-corrected chi connectivity index (χ4v) is 4.67. The molecular formula is C20H15ClFN3O2S. The van der Waals surface area contributed by atoms with Crippen molar-refractivity contribution >= 4 is 32.5 Å². The molecule has 0 aliphatic rings. The van der Waals surface area contributed by atoms with Gasteiger partial charge in [-0.3, -0.25) is 4.39 Å². The lowest BCUT2D eigenvalue weighted by Crippen LogP contribution is -2.11. The van der Waals surface area contributed by atoms with E-state index in [1.54, 1.807) is 48.5 Å². The van der Waals surface area contributed by atoms with Gasteiger partial charge in [0.2, 0.25) is 5.28 Å². The van der Waals surface area contributed by atoms with E-state index >= 15 is 0 Å². The van der Waals surface area contributed by atoms with E-state index in [-0.39, 0.29) is 16.6 Å². The lowest BCUT2D eigenvalue weighted by Gasteiger charge is -2.07. The van der Waals surface area contributed by atoms with Gasteiger partial charge in [-0.25, -0.2) is 22.4 Å². The summed E-state index contributed by atoms with van der Waals surface area (Å²) in [4.78, 5) is 8.36. The van der Waals surface area contributed by atoms with Crippen molar-refractivity contribution in [1.29, 1.82) is 0 Å². The van der Waals surface area contributed by atoms with Crippen molar-refractivity contribution in [3.63, 3.8) is 0 Å². The Balaban J connectivity index is 2.01. The largest absolute Gasteiger partial charge is 0.268 e. The minimum Gasteiger partial charge on any atom is -0.251 e. The second-order valence-electron chi connectivity index (χ2n) is 6.13. The molecule has 0 aliphatic carbocycles. The predicted octanol–water partition coefficient (Wildman–Crippen LogP) is 4.50. The molecule has 2 aromatic heterocycles. The summed E-state index contributed by atoms with van der Waals surface area (Å²) in [5, 5.41) is 0.692. The molecule has 28 heavy (non-hydrogen) atoms. The molecule has 0 unspecified atom stereocenters. The van der Waals surface area contributed by atoms with Crippen molar-refractivity contribution in [3.8, 4) is 11.3 Å². The smallest absolute Gasteiger partial charge is 0.251 e. The molecular weight excluding hydrogens is 401 g/mol. The van der Waals surface area contributed by atoms with Gasteiger partial charge in [-0.05, 0) is 35.4 Å². The Bertz CT molecular complexity index is 1260. The van der Waals surface area contributed by atoms with E-state index in [2.05, 4.69) is 9.97 Å². The zero-order valence-corrected chi connectivity index (χ0v) is 16.2. The third-order valence-corrected chi connectivity index (χ3v) is 6.30. The molecule has 0 atom stereocenters. The van der Waals surface area contributed by atoms with Gasteiger partial charge in [0.25, 0.3) is 10.0 Å². The number of aromatic nitrogens is 3. The number of hydrogen-bond donors (Lipinski definition) is 0. The maximum Gasteiger partial charge on any atom is 0.268 e. The summed E-state index contributed by atoms with van der Waals surface area (Å²) in [5.41, 5.74) is 2.05. The third kappa shape index (κ3) is 3.16. The number of aryl methyl sites for hydroxylation is 1. The molecule has 0 radical (unpaired) electrons. The van der Waals surface area contributed by atoms with Crippen LogP contribution >= 0.6 is 11.6 Å². The maximum atomic E-state index is 13.2. The van der Waals surface area contributed by atoms with Crippen molar-refractivity contribution in [2.45, 2.75) is 11.3 Å². The van der Waals surface area contributed by atoms with Crippen molar-refractivity contribution in [2.75, 3.05) is 6.67 Å². The van der Waals surface area contributed by atoms with Crippen molar-refractivity contribution < 1.29 is 12.8 Å². The predicted molar refractivity (Wildman–Crippen MR) is 107 cm³/mol. The van der Waals surface area contributed by atoms with Gasteiger partial charge < -0.3 is 0 Å². The molecule has 0 amide bonds. The standard InChI is InChI=1S/C20H15ClFN3O2S/c21-20-23-12-14(10-11-22)19(24-20)17-13-25(18-9-5-4-8-16(17)18)28(26,27)15-6-2-1-3-7-15/h1-9,12-13H,10-11H2. The van der Waals surface area contributed by atoms with Crippen LogP contribution in [0.1, 0.15) is 5.56 Å². The fourth-order valence-electron chi connectivity index (χ4n) is 3.15. The van der Waals surface area contributed by atoms with Crippen LogP contribution in [0.4, 0.5) is 4.39 Å². The molecule has 0 fully saturated rings. The summed E-state index contributed by atoms with van der Waals surface area (Å²) >= 11 is 5.97. The van der Waals surface area contributed by atoms with E-state index < -0.39 is 16.7 Å². The van der Waals surface area contributed by atoms with Crippen LogP contribution in [-0.2, 0) is 16.4 Å². The van der Waals surface area contributed by atoms with Crippen LogP contribution in [0, 0.1) is 0 Å². The molecule has 2 heterocycles. The number of alkyl halides is 1. The van der Waals surface area contributed by atoms with Gasteiger partial charge in [0.05, 0.1) is 22.8 Å². The number of fused-ring (bicyclic) bond motifs is 1. The van der Waals surface area contributed by atoms with Crippen LogP contribution in [0.25, 0.3) is 22.2 Å². The Morgan fingerprint density at radius 2 is 1.75 bits per heavy atom. The van der Waals surface area contributed by atoms with Gasteiger partial charge in [0, 0.05) is 29.8 Å². The first-order valence-corrected chi connectivity index (χ1v) is 10.3. The van der Waals surface area contributed by atoms with Crippen LogP contribution in [0.5, 0.6) is 0 Å². The third-order valence-electron chi connectivity index (χ3n) is 4.43. The van der Waals surface area contributed by atoms with Gasteiger partial charge in [0.1, 0.15) is 0 Å². The number of nitrogens with zero attached hydrogens (tertiary/aromatic N) is 3. The molecule has 0 N–H and O–H groups in total. The summed E-state index contributed by atoms with van der Waals surface area (Å²) in [7, 11) is -3.82. The molecule has 5 nitrogen and oxygen atoms in total. The van der Waals surface area contributed by atoms with Crippen LogP contribution in [0.2, 0.25) is 5.28 Å². The van der Waals surface area contributed by atoms with E-state index in [1.807, 2.05) is 6.07 Å². The average molecular weight is 416 g/mol. The first-order valence-electron chi connectivity index (χ1n) is 8.51. The summed E-state index contributed by atoms with van der Waals surface area (Å²) in [6.07, 6.45) is 3.09. The number of hydrogen-bond acceptors (Lipinski definition) is 4. The minimum absolute atomic E-state index is 0.0142. The Morgan fingerprint density at radius 1 is 1.04 bits per heavy atom. The quantitative estimate of drug-likeness (QED) is 0.450. The molecule has 142 valence electrons. The zero-order chi connectivity index (χ0) is 19.7. The van der Waals surface area contributed by atoms with E-state index in [0.717, 1.165) is 0 Å². The van der Waals surface area contributed by atoms with Crippen molar-refractivity contribution in [3.05, 3.63) is 77.8 Å². The van der Waals surface area contributed by atoms with Crippen LogP contribution in [0.3, 0.4) is 0 Å². The first-order chi connectivity index (χ1) is 13.5. The highest BCUT2D eigenvalue weighted by Crippen LogP contribution is 2.34. The lowest BCUT2D eigenvalue weighted by atomic mass is 10.0. The number of para-hydroxylation sites is 1. The highest BCUT2D eigenvalue weighted by molar-refractivity contribution is 7.90. The Morgan fingerprint density at radius 3 is 2.50 bits per heavy atom. The molecule has 0 spiro atoms. The summed E-state index contributed by atoms with van der Waals surface area (Å²) in [6, 6.07) is 15.3. The molecule has 0 saturated heterocycles. The number of benzene rings is 2. The maximum absolute atomic E-state index is 13.2. The van der Waals surface area contributed by atoms with Crippen molar-refractivity contribution in [2.24, 2.45) is 0 Å². The summed E-state index contributed by atoms with van der Waals surface area (Å²) in [6.45, 7) is -0.584.